The number of rotatable bonds is 5. The first kappa shape index (κ1) is 21.5. The average molecular weight is 459 g/mol. The fourth-order valence-electron chi connectivity index (χ4n) is 4.25. The second-order valence-electron chi connectivity index (χ2n) is 7.76. The molecule has 6 nitrogen and oxygen atoms in total. The maximum Gasteiger partial charge on any atom is 0.274 e. The molecule has 1 heterocycles. The van der Waals surface area contributed by atoms with E-state index in [1.54, 1.807) is 30.3 Å². The van der Waals surface area contributed by atoms with Gasteiger partial charge in [0, 0.05) is 10.6 Å². The molecule has 1 aliphatic carbocycles. The molecule has 1 aliphatic heterocycles. The minimum Gasteiger partial charge on any atom is -0.292 e. The fraction of sp³-hybridized carbons (Fsp3) is 0.304. The molecule has 1 saturated heterocycles. The van der Waals surface area contributed by atoms with Crippen LogP contribution in [0.25, 0.3) is 0 Å². The lowest BCUT2D eigenvalue weighted by Gasteiger charge is -2.30. The number of Topliss-reactive ketones (excluding diaryl/α,β-unsaturated/α-hetero) is 1. The van der Waals surface area contributed by atoms with Crippen molar-refractivity contribution in [2.45, 2.75) is 25.7 Å². The van der Waals surface area contributed by atoms with Crippen LogP contribution < -0.4 is 0 Å². The Kier molecular flexibility index (Phi) is 6.12. The zero-order valence-corrected chi connectivity index (χ0v) is 18.1. The highest BCUT2D eigenvalue weighted by Gasteiger charge is 2.51. The predicted molar refractivity (Wildman–Crippen MR) is 116 cm³/mol. The van der Waals surface area contributed by atoms with Crippen molar-refractivity contribution in [3.05, 3.63) is 69.7 Å². The summed E-state index contributed by atoms with van der Waals surface area (Å²) in [5, 5.41) is 2.46. The number of fused-ring (bicyclic) bond motifs is 1. The van der Waals surface area contributed by atoms with Crippen LogP contribution in [0.1, 0.15) is 46.4 Å². The number of carbonyl (C=O) groups excluding carboxylic acids is 4. The van der Waals surface area contributed by atoms with E-state index in [1.807, 2.05) is 0 Å². The Morgan fingerprint density at radius 2 is 1.48 bits per heavy atom. The summed E-state index contributed by atoms with van der Waals surface area (Å²) in [6.07, 6.45) is 2.92. The molecule has 8 heteroatoms. The second kappa shape index (κ2) is 8.81. The van der Waals surface area contributed by atoms with E-state index >= 15 is 0 Å². The highest BCUT2D eigenvalue weighted by molar-refractivity contribution is 6.34. The Morgan fingerprint density at radius 1 is 0.903 bits per heavy atom. The zero-order valence-electron chi connectivity index (χ0n) is 16.6. The number of halogens is 2. The molecule has 0 bridgehead atoms. The molecule has 0 unspecified atom stereocenters. The monoisotopic (exact) mass is 458 g/mol. The number of hydrazine groups is 1. The highest BCUT2D eigenvalue weighted by Crippen LogP contribution is 2.39. The maximum atomic E-state index is 13.4. The van der Waals surface area contributed by atoms with Crippen LogP contribution in [0.4, 0.5) is 0 Å². The molecule has 160 valence electrons. The summed E-state index contributed by atoms with van der Waals surface area (Å²) in [5.74, 6) is -2.86. The third-order valence-electron chi connectivity index (χ3n) is 5.86. The van der Waals surface area contributed by atoms with Crippen molar-refractivity contribution in [2.75, 3.05) is 6.54 Å². The van der Waals surface area contributed by atoms with Crippen LogP contribution in [0.2, 0.25) is 10.0 Å². The topological polar surface area (TPSA) is 74.8 Å². The zero-order chi connectivity index (χ0) is 22.1. The van der Waals surface area contributed by atoms with E-state index < -0.39 is 41.9 Å². The van der Waals surface area contributed by atoms with Gasteiger partial charge in [-0.15, -0.1) is 0 Å². The van der Waals surface area contributed by atoms with Gasteiger partial charge in [0.25, 0.3) is 17.7 Å². The van der Waals surface area contributed by atoms with Gasteiger partial charge < -0.3 is 0 Å². The van der Waals surface area contributed by atoms with Gasteiger partial charge >= 0.3 is 0 Å². The van der Waals surface area contributed by atoms with Crippen LogP contribution in [0.3, 0.4) is 0 Å². The lowest BCUT2D eigenvalue weighted by atomic mass is 9.81. The molecule has 3 amide bonds. The van der Waals surface area contributed by atoms with E-state index in [4.69, 9.17) is 23.2 Å². The number of ketones is 1. The van der Waals surface area contributed by atoms with E-state index in [9.17, 15) is 19.2 Å². The Labute approximate surface area is 189 Å². The number of hydrogen-bond acceptors (Lipinski definition) is 4. The molecule has 0 N–H and O–H groups in total. The third-order valence-corrected chi connectivity index (χ3v) is 6.44. The number of carbonyl (C=O) groups is 4. The third kappa shape index (κ3) is 4.10. The molecule has 2 aromatic rings. The van der Waals surface area contributed by atoms with Gasteiger partial charge in [0.1, 0.15) is 6.54 Å². The lowest BCUT2D eigenvalue weighted by Crippen LogP contribution is -2.52. The van der Waals surface area contributed by atoms with Crippen molar-refractivity contribution >= 4 is 46.7 Å². The van der Waals surface area contributed by atoms with Gasteiger partial charge in [-0.3, -0.25) is 19.2 Å². The smallest absolute Gasteiger partial charge is 0.274 e. The Hall–Kier alpha value is -2.70. The molecule has 0 radical (unpaired) electrons. The Morgan fingerprint density at radius 3 is 2.06 bits per heavy atom. The summed E-state index contributed by atoms with van der Waals surface area (Å²) < 4.78 is 0. The molecule has 2 aromatic carbocycles. The summed E-state index contributed by atoms with van der Waals surface area (Å²) in [7, 11) is 0. The number of imide groups is 1. The first-order valence-electron chi connectivity index (χ1n) is 10.1. The number of nitrogens with zero attached hydrogens (tertiary/aromatic N) is 2. The van der Waals surface area contributed by atoms with Crippen molar-refractivity contribution in [3.8, 4) is 0 Å². The van der Waals surface area contributed by atoms with Crippen molar-refractivity contribution in [3.63, 3.8) is 0 Å². The summed E-state index contributed by atoms with van der Waals surface area (Å²) in [4.78, 5) is 52.6. The largest absolute Gasteiger partial charge is 0.292 e. The molecule has 31 heavy (non-hydrogen) atoms. The molecular weight excluding hydrogens is 439 g/mol. The molecule has 2 aliphatic rings. The Bertz CT molecular complexity index is 1030. The second-order valence-corrected chi connectivity index (χ2v) is 8.60. The molecule has 4 rings (SSSR count). The summed E-state index contributed by atoms with van der Waals surface area (Å²) in [6.45, 7) is -0.470. The molecular formula is C23H20Cl2N2O4. The lowest BCUT2D eigenvalue weighted by molar-refractivity contribution is -0.154. The summed E-state index contributed by atoms with van der Waals surface area (Å²) >= 11 is 12.1. The van der Waals surface area contributed by atoms with Crippen LogP contribution in [0.5, 0.6) is 0 Å². The van der Waals surface area contributed by atoms with Crippen LogP contribution >= 0.6 is 23.2 Å². The maximum absolute atomic E-state index is 13.4. The Balaban J connectivity index is 1.70. The SMILES string of the molecule is O=C(CN(C(=O)c1ccccc1Cl)N1C(=O)[C@H]2CCCC[C@H]2C1=O)c1ccc(Cl)cc1. The van der Waals surface area contributed by atoms with Crippen LogP contribution in [-0.2, 0) is 9.59 Å². The van der Waals surface area contributed by atoms with E-state index in [0.717, 1.165) is 22.9 Å². The van der Waals surface area contributed by atoms with Gasteiger partial charge in [0.2, 0.25) is 0 Å². The first-order chi connectivity index (χ1) is 14.9. The first-order valence-corrected chi connectivity index (χ1v) is 10.9. The van der Waals surface area contributed by atoms with E-state index in [-0.39, 0.29) is 10.6 Å². The van der Waals surface area contributed by atoms with Crippen molar-refractivity contribution in [1.29, 1.82) is 0 Å². The van der Waals surface area contributed by atoms with Gasteiger partial charge in [-0.05, 0) is 49.2 Å². The minimum atomic E-state index is -0.673. The minimum absolute atomic E-state index is 0.114. The number of amides is 3. The quantitative estimate of drug-likeness (QED) is 0.491. The van der Waals surface area contributed by atoms with Crippen molar-refractivity contribution in [2.24, 2.45) is 11.8 Å². The highest BCUT2D eigenvalue weighted by atomic mass is 35.5. The molecule has 2 atom stereocenters. The van der Waals surface area contributed by atoms with E-state index in [2.05, 4.69) is 0 Å². The number of hydrogen-bond donors (Lipinski definition) is 0. The van der Waals surface area contributed by atoms with Gasteiger partial charge in [0.15, 0.2) is 5.78 Å². The molecule has 0 aromatic heterocycles. The fourth-order valence-corrected chi connectivity index (χ4v) is 4.60. The molecule has 2 fully saturated rings. The van der Waals surface area contributed by atoms with Crippen LogP contribution in [-0.4, -0.2) is 40.1 Å². The van der Waals surface area contributed by atoms with E-state index in [1.165, 1.54) is 18.2 Å². The number of benzene rings is 2. The predicted octanol–water partition coefficient (Wildman–Crippen LogP) is 4.41. The molecule has 0 spiro atoms. The molecule has 1 saturated carbocycles. The van der Waals surface area contributed by atoms with Gasteiger partial charge in [-0.1, -0.05) is 48.2 Å². The van der Waals surface area contributed by atoms with Gasteiger partial charge in [-0.2, -0.15) is 5.01 Å². The normalized spacial score (nSPS) is 20.5. The van der Waals surface area contributed by atoms with Crippen molar-refractivity contribution < 1.29 is 19.2 Å². The van der Waals surface area contributed by atoms with E-state index in [0.29, 0.717) is 23.4 Å². The van der Waals surface area contributed by atoms with Crippen LogP contribution in [0, 0.1) is 11.8 Å². The van der Waals surface area contributed by atoms with Crippen molar-refractivity contribution in [1.82, 2.24) is 10.0 Å². The van der Waals surface area contributed by atoms with Crippen LogP contribution in [0.15, 0.2) is 48.5 Å². The standard InChI is InChI=1S/C23H20Cl2N2O4/c24-15-11-9-14(10-12-15)20(28)13-26(21(29)18-7-3-4-8-19(18)25)27-22(30)16-5-1-2-6-17(16)23(27)31/h3-4,7-12,16-17H,1-2,5-6,13H2/t16-,17+. The summed E-state index contributed by atoms with van der Waals surface area (Å²) in [6, 6.07) is 12.6. The van der Waals surface area contributed by atoms with Gasteiger partial charge in [0.05, 0.1) is 22.4 Å². The average Bonchev–Trinajstić information content (AvgIpc) is 3.03. The summed E-state index contributed by atoms with van der Waals surface area (Å²) in [5.41, 5.74) is 0.432. The van der Waals surface area contributed by atoms with Gasteiger partial charge in [-0.25, -0.2) is 5.01 Å².